The van der Waals surface area contributed by atoms with Gasteiger partial charge in [0.05, 0.1) is 31.5 Å². The second-order valence-corrected chi connectivity index (χ2v) is 19.5. The maximum absolute atomic E-state index is 14.3. The van der Waals surface area contributed by atoms with Crippen LogP contribution in [0.3, 0.4) is 0 Å². The zero-order valence-electron chi connectivity index (χ0n) is 31.0. The lowest BCUT2D eigenvalue weighted by Crippen LogP contribution is -2.16. The highest BCUT2D eigenvalue weighted by molar-refractivity contribution is 7.99. The highest BCUT2D eigenvalue weighted by Crippen LogP contribution is 2.40. The molecule has 6 aromatic heterocycles. The van der Waals surface area contributed by atoms with Crippen molar-refractivity contribution in [2.45, 2.75) is 91.9 Å². The molecule has 0 bridgehead atoms. The normalized spacial score (nSPS) is 13.8. The van der Waals surface area contributed by atoms with Crippen molar-refractivity contribution in [3.63, 3.8) is 0 Å². The molecule has 8 heteroatoms. The van der Waals surface area contributed by atoms with Crippen LogP contribution >= 0.6 is 46.2 Å². The van der Waals surface area contributed by atoms with E-state index >= 15 is 0 Å². The van der Waals surface area contributed by atoms with E-state index in [0.717, 1.165) is 89.2 Å². The quantitative estimate of drug-likeness (QED) is 0.0644. The number of unbranched alkanes of at least 4 members (excludes halogenated alkanes) is 2. The van der Waals surface area contributed by atoms with Gasteiger partial charge in [-0.1, -0.05) is 78.4 Å². The standard InChI is InChI=1S/C44H50N2O2S4/c1-5-9-11-27(7-3)25-49-19-17-29-21-37-39(51-29)23-35-31-13-14-32-36-24-40-38(22-30(52-40)18-20-50-26-28(8-4)12-10-6-2)46(36)44(48)34-16-15-33(41(31)42(32)34)43(47)45(35)37/h13-16,21-24,27-28H,5-12,17-20,25-26H2,1-4H3. The molecule has 0 spiro atoms. The average molecular weight is 767 g/mol. The summed E-state index contributed by atoms with van der Waals surface area (Å²) in [5, 5.41) is 5.32. The Morgan fingerprint density at radius 2 is 1.00 bits per heavy atom. The molecule has 2 aromatic carbocycles. The molecule has 0 N–H and O–H groups in total. The molecular weight excluding hydrogens is 717 g/mol. The first-order valence-corrected chi connectivity index (χ1v) is 23.5. The number of pyridine rings is 2. The Balaban J connectivity index is 1.10. The molecule has 0 aliphatic carbocycles. The molecule has 0 radical (unpaired) electrons. The third-order valence-corrected chi connectivity index (χ3v) is 16.1. The number of aromatic nitrogens is 2. The van der Waals surface area contributed by atoms with Gasteiger partial charge in [0.2, 0.25) is 0 Å². The van der Waals surface area contributed by atoms with Gasteiger partial charge < -0.3 is 0 Å². The van der Waals surface area contributed by atoms with Gasteiger partial charge in [0.25, 0.3) is 11.1 Å². The van der Waals surface area contributed by atoms with Gasteiger partial charge in [-0.2, -0.15) is 23.5 Å². The van der Waals surface area contributed by atoms with Gasteiger partial charge in [-0.25, -0.2) is 0 Å². The van der Waals surface area contributed by atoms with Crippen molar-refractivity contribution < 1.29 is 0 Å². The molecule has 2 atom stereocenters. The summed E-state index contributed by atoms with van der Waals surface area (Å²) in [4.78, 5) is 31.3. The molecular formula is C44H50N2O2S4. The number of thiophene rings is 2. The van der Waals surface area contributed by atoms with E-state index in [1.54, 1.807) is 0 Å². The van der Waals surface area contributed by atoms with Crippen molar-refractivity contribution in [1.29, 1.82) is 0 Å². The molecule has 0 amide bonds. The molecule has 0 aliphatic heterocycles. The predicted molar refractivity (Wildman–Crippen MR) is 235 cm³/mol. The molecule has 0 saturated heterocycles. The zero-order chi connectivity index (χ0) is 35.9. The van der Waals surface area contributed by atoms with Crippen molar-refractivity contribution in [3.05, 3.63) is 79.0 Å². The van der Waals surface area contributed by atoms with E-state index in [9.17, 15) is 9.59 Å². The Hall–Kier alpha value is -2.78. The number of fused-ring (bicyclic) bond motifs is 8. The minimum Gasteiger partial charge on any atom is -0.275 e. The fourth-order valence-corrected chi connectivity index (χ4v) is 13.3. The average Bonchev–Trinajstić information content (AvgIpc) is 3.92. The molecule has 0 fully saturated rings. The minimum atomic E-state index is 0.00848. The highest BCUT2D eigenvalue weighted by atomic mass is 32.2. The molecule has 272 valence electrons. The van der Waals surface area contributed by atoms with Crippen LogP contribution in [0.2, 0.25) is 0 Å². The maximum Gasteiger partial charge on any atom is 0.263 e. The molecule has 8 rings (SSSR count). The van der Waals surface area contributed by atoms with Gasteiger partial charge in [-0.3, -0.25) is 18.4 Å². The van der Waals surface area contributed by atoms with E-state index in [1.165, 1.54) is 72.6 Å². The Morgan fingerprint density at radius 3 is 1.40 bits per heavy atom. The van der Waals surface area contributed by atoms with E-state index in [4.69, 9.17) is 0 Å². The van der Waals surface area contributed by atoms with Crippen molar-refractivity contribution in [2.24, 2.45) is 11.8 Å². The summed E-state index contributed by atoms with van der Waals surface area (Å²) >= 11 is 7.81. The fourth-order valence-electron chi connectivity index (χ4n) is 8.33. The smallest absolute Gasteiger partial charge is 0.263 e. The lowest BCUT2D eigenvalue weighted by atomic mass is 9.95. The fraction of sp³-hybridized carbons (Fsp3) is 0.455. The molecule has 4 nitrogen and oxygen atoms in total. The van der Waals surface area contributed by atoms with Crippen LogP contribution in [0.1, 0.15) is 88.8 Å². The number of benzene rings is 2. The maximum atomic E-state index is 14.3. The molecule has 2 unspecified atom stereocenters. The molecule has 8 aromatic rings. The van der Waals surface area contributed by atoms with Gasteiger partial charge in [0, 0.05) is 42.1 Å². The van der Waals surface area contributed by atoms with Gasteiger partial charge in [-0.15, -0.1) is 22.7 Å². The predicted octanol–water partition coefficient (Wildman–Crippen LogP) is 12.7. The van der Waals surface area contributed by atoms with Crippen molar-refractivity contribution in [1.82, 2.24) is 8.80 Å². The summed E-state index contributed by atoms with van der Waals surface area (Å²) in [5.41, 5.74) is 3.93. The monoisotopic (exact) mass is 766 g/mol. The Kier molecular flexibility index (Phi) is 10.8. The zero-order valence-corrected chi connectivity index (χ0v) is 34.3. The second-order valence-electron chi connectivity index (χ2n) is 14.8. The topological polar surface area (TPSA) is 43.0 Å². The number of rotatable bonds is 18. The van der Waals surface area contributed by atoms with E-state index < -0.39 is 0 Å². The van der Waals surface area contributed by atoms with Gasteiger partial charge in [-0.05, 0) is 96.9 Å². The number of hydrogen-bond acceptors (Lipinski definition) is 6. The van der Waals surface area contributed by atoms with Crippen molar-refractivity contribution in [3.8, 4) is 0 Å². The summed E-state index contributed by atoms with van der Waals surface area (Å²) in [6, 6.07) is 17.1. The second kappa shape index (κ2) is 15.5. The molecule has 6 heterocycles. The Labute approximate surface area is 322 Å². The van der Waals surface area contributed by atoms with Crippen molar-refractivity contribution >= 4 is 110 Å². The summed E-state index contributed by atoms with van der Waals surface area (Å²) in [6.45, 7) is 9.20. The first-order valence-electron chi connectivity index (χ1n) is 19.6. The SMILES string of the molecule is CCCCC(CC)CSCCc1cc2c(cc3c4ccc5c6c(ccc(c(=O)n23)c46)c(=O)n2c3cc(CCSCC(CC)CCCC)sc3cc52)s1. The van der Waals surface area contributed by atoms with Crippen molar-refractivity contribution in [2.75, 3.05) is 23.0 Å². The molecule has 52 heavy (non-hydrogen) atoms. The molecule has 0 aliphatic rings. The Bertz CT molecular complexity index is 2430. The third kappa shape index (κ3) is 6.43. The lowest BCUT2D eigenvalue weighted by Gasteiger charge is -2.13. The first kappa shape index (κ1) is 36.2. The number of hydrogen-bond donors (Lipinski definition) is 0. The van der Waals surface area contributed by atoms with Crippen LogP contribution in [0, 0.1) is 11.8 Å². The van der Waals surface area contributed by atoms with E-state index in [0.29, 0.717) is 10.8 Å². The van der Waals surface area contributed by atoms with E-state index in [-0.39, 0.29) is 11.1 Å². The van der Waals surface area contributed by atoms with Crippen LogP contribution in [0.25, 0.3) is 63.8 Å². The van der Waals surface area contributed by atoms with Crippen LogP contribution in [-0.2, 0) is 12.8 Å². The van der Waals surface area contributed by atoms with Gasteiger partial charge >= 0.3 is 0 Å². The third-order valence-electron chi connectivity index (χ3n) is 11.4. The lowest BCUT2D eigenvalue weighted by molar-refractivity contribution is 0.499. The minimum absolute atomic E-state index is 0.00848. The van der Waals surface area contributed by atoms with Crippen LogP contribution in [0.4, 0.5) is 0 Å². The summed E-state index contributed by atoms with van der Waals surface area (Å²) in [5.74, 6) is 6.36. The first-order chi connectivity index (χ1) is 25.4. The summed E-state index contributed by atoms with van der Waals surface area (Å²) in [6.07, 6.45) is 12.5. The summed E-state index contributed by atoms with van der Waals surface area (Å²) < 4.78 is 6.18. The number of aryl methyl sites for hydroxylation is 2. The number of thioether (sulfide) groups is 2. The van der Waals surface area contributed by atoms with Crippen LogP contribution < -0.4 is 11.1 Å². The van der Waals surface area contributed by atoms with Crippen LogP contribution in [0.15, 0.2) is 58.1 Å². The van der Waals surface area contributed by atoms with E-state index in [2.05, 4.69) is 87.6 Å². The highest BCUT2D eigenvalue weighted by Gasteiger charge is 2.22. The van der Waals surface area contributed by atoms with E-state index in [1.807, 2.05) is 43.6 Å². The molecule has 0 saturated carbocycles. The summed E-state index contributed by atoms with van der Waals surface area (Å²) in [7, 11) is 0. The number of nitrogens with zero attached hydrogens (tertiary/aromatic N) is 2. The van der Waals surface area contributed by atoms with Crippen LogP contribution in [0.5, 0.6) is 0 Å². The van der Waals surface area contributed by atoms with Crippen LogP contribution in [-0.4, -0.2) is 31.8 Å². The van der Waals surface area contributed by atoms with Gasteiger partial charge in [0.15, 0.2) is 0 Å². The Morgan fingerprint density at radius 1 is 0.577 bits per heavy atom. The largest absolute Gasteiger partial charge is 0.275 e. The van der Waals surface area contributed by atoms with Gasteiger partial charge in [0.1, 0.15) is 0 Å².